The Morgan fingerprint density at radius 1 is 1.18 bits per heavy atom. The number of hydrogen-bond acceptors (Lipinski definition) is 6. The molecule has 4 rings (SSSR count). The lowest BCUT2D eigenvalue weighted by atomic mass is 9.81. The molecule has 0 aliphatic carbocycles. The fourth-order valence-electron chi connectivity index (χ4n) is 3.75. The van der Waals surface area contributed by atoms with Gasteiger partial charge in [0.05, 0.1) is 6.61 Å². The van der Waals surface area contributed by atoms with Crippen molar-refractivity contribution in [1.29, 1.82) is 0 Å². The summed E-state index contributed by atoms with van der Waals surface area (Å²) in [6, 6.07) is 12.0. The standard InChI is InChI=1S/C21H22FNO5/c1-14(24)28-23-9-8-19(15-2-4-17(22)5-3-15)16(11-23)12-25-18-6-7-20-21(10-18)27-13-26-20/h2-7,10,16,19H,8-9,11-13H2,1H3/t16-,19-/m0/s1. The summed E-state index contributed by atoms with van der Waals surface area (Å²) in [7, 11) is 0. The van der Waals surface area contributed by atoms with Gasteiger partial charge >= 0.3 is 5.97 Å². The maximum atomic E-state index is 13.3. The Labute approximate surface area is 162 Å². The fraction of sp³-hybridized carbons (Fsp3) is 0.381. The van der Waals surface area contributed by atoms with Crippen molar-refractivity contribution in [2.75, 3.05) is 26.5 Å². The molecule has 0 amide bonds. The first kappa shape index (κ1) is 18.6. The van der Waals surface area contributed by atoms with Gasteiger partial charge in [0.25, 0.3) is 0 Å². The second-order valence-electron chi connectivity index (χ2n) is 7.00. The molecule has 0 aromatic heterocycles. The monoisotopic (exact) mass is 387 g/mol. The van der Waals surface area contributed by atoms with E-state index in [9.17, 15) is 9.18 Å². The largest absolute Gasteiger partial charge is 0.493 e. The number of benzene rings is 2. The minimum Gasteiger partial charge on any atom is -0.493 e. The van der Waals surface area contributed by atoms with Crippen LogP contribution in [-0.4, -0.2) is 37.5 Å². The van der Waals surface area contributed by atoms with Gasteiger partial charge in [-0.3, -0.25) is 4.79 Å². The number of hydrogen-bond donors (Lipinski definition) is 0. The topological polar surface area (TPSA) is 57.2 Å². The van der Waals surface area contributed by atoms with E-state index in [0.29, 0.717) is 36.9 Å². The SMILES string of the molecule is CC(=O)ON1CC[C@@H](c2ccc(F)cc2)[C@H](COc2ccc3c(c2)OCO3)C1. The molecular formula is C21H22FNO5. The first-order valence-corrected chi connectivity index (χ1v) is 9.30. The number of carbonyl (C=O) groups excluding carboxylic acids is 1. The van der Waals surface area contributed by atoms with Crippen LogP contribution in [0.2, 0.25) is 0 Å². The first-order chi connectivity index (χ1) is 13.6. The van der Waals surface area contributed by atoms with Gasteiger partial charge in [-0.05, 0) is 42.2 Å². The maximum Gasteiger partial charge on any atom is 0.322 e. The second-order valence-corrected chi connectivity index (χ2v) is 7.00. The van der Waals surface area contributed by atoms with E-state index in [2.05, 4.69) is 0 Å². The average Bonchev–Trinajstić information content (AvgIpc) is 3.15. The number of ether oxygens (including phenoxy) is 3. The molecule has 2 aromatic rings. The van der Waals surface area contributed by atoms with Crippen LogP contribution in [0.4, 0.5) is 4.39 Å². The molecule has 0 saturated carbocycles. The number of nitrogens with zero attached hydrogens (tertiary/aromatic N) is 1. The van der Waals surface area contributed by atoms with Gasteiger partial charge in [0.15, 0.2) is 11.5 Å². The highest BCUT2D eigenvalue weighted by Crippen LogP contribution is 2.37. The van der Waals surface area contributed by atoms with Crippen LogP contribution in [-0.2, 0) is 9.63 Å². The summed E-state index contributed by atoms with van der Waals surface area (Å²) in [6.45, 7) is 3.21. The van der Waals surface area contributed by atoms with Gasteiger partial charge in [-0.2, -0.15) is 0 Å². The molecule has 6 nitrogen and oxygen atoms in total. The Morgan fingerprint density at radius 2 is 1.96 bits per heavy atom. The van der Waals surface area contributed by atoms with E-state index in [1.807, 2.05) is 30.3 Å². The second kappa shape index (κ2) is 8.06. The molecule has 2 aliphatic heterocycles. The van der Waals surface area contributed by atoms with Crippen LogP contribution in [0.1, 0.15) is 24.8 Å². The van der Waals surface area contributed by atoms with E-state index in [1.165, 1.54) is 19.1 Å². The molecule has 0 radical (unpaired) electrons. The Kier molecular flexibility index (Phi) is 5.34. The number of halogens is 1. The quantitative estimate of drug-likeness (QED) is 0.783. The van der Waals surface area contributed by atoms with E-state index >= 15 is 0 Å². The fourth-order valence-corrected chi connectivity index (χ4v) is 3.75. The van der Waals surface area contributed by atoms with Crippen molar-refractivity contribution < 1.29 is 28.2 Å². The average molecular weight is 387 g/mol. The van der Waals surface area contributed by atoms with Crippen LogP contribution in [0, 0.1) is 11.7 Å². The van der Waals surface area contributed by atoms with Crippen LogP contribution in [0.25, 0.3) is 0 Å². The summed E-state index contributed by atoms with van der Waals surface area (Å²) < 4.78 is 30.1. The molecule has 2 aromatic carbocycles. The molecular weight excluding hydrogens is 365 g/mol. The Hall–Kier alpha value is -2.80. The lowest BCUT2D eigenvalue weighted by Crippen LogP contribution is -2.42. The molecule has 1 saturated heterocycles. The molecule has 2 heterocycles. The first-order valence-electron chi connectivity index (χ1n) is 9.30. The summed E-state index contributed by atoms with van der Waals surface area (Å²) in [5, 5.41) is 1.68. The van der Waals surface area contributed by atoms with Crippen LogP contribution >= 0.6 is 0 Å². The van der Waals surface area contributed by atoms with E-state index < -0.39 is 0 Å². The number of hydroxylamine groups is 2. The summed E-state index contributed by atoms with van der Waals surface area (Å²) in [4.78, 5) is 16.6. The van der Waals surface area contributed by atoms with Gasteiger partial charge in [-0.15, -0.1) is 5.06 Å². The molecule has 148 valence electrons. The number of carbonyl (C=O) groups is 1. The molecule has 1 fully saturated rings. The summed E-state index contributed by atoms with van der Waals surface area (Å²) >= 11 is 0. The van der Waals surface area contributed by atoms with Crippen molar-refractivity contribution in [2.45, 2.75) is 19.3 Å². The highest BCUT2D eigenvalue weighted by Gasteiger charge is 2.32. The highest BCUT2D eigenvalue weighted by atomic mass is 19.1. The van der Waals surface area contributed by atoms with Crippen molar-refractivity contribution in [2.24, 2.45) is 5.92 Å². The van der Waals surface area contributed by atoms with E-state index in [0.717, 1.165) is 12.0 Å². The zero-order valence-corrected chi connectivity index (χ0v) is 15.6. The highest BCUT2D eigenvalue weighted by molar-refractivity contribution is 5.65. The summed E-state index contributed by atoms with van der Waals surface area (Å²) in [5.41, 5.74) is 1.06. The van der Waals surface area contributed by atoms with Gasteiger partial charge in [0, 0.05) is 32.0 Å². The minimum absolute atomic E-state index is 0.0731. The van der Waals surface area contributed by atoms with E-state index in [4.69, 9.17) is 19.0 Å². The van der Waals surface area contributed by atoms with E-state index in [-0.39, 0.29) is 30.4 Å². The van der Waals surface area contributed by atoms with Crippen LogP contribution in [0.5, 0.6) is 17.2 Å². The third-order valence-corrected chi connectivity index (χ3v) is 5.06. The Balaban J connectivity index is 1.48. The lowest BCUT2D eigenvalue weighted by Gasteiger charge is -2.37. The van der Waals surface area contributed by atoms with Crippen LogP contribution in [0.3, 0.4) is 0 Å². The molecule has 0 spiro atoms. The zero-order valence-electron chi connectivity index (χ0n) is 15.6. The van der Waals surface area contributed by atoms with Gasteiger partial charge < -0.3 is 19.0 Å². The van der Waals surface area contributed by atoms with Gasteiger partial charge in [0.1, 0.15) is 11.6 Å². The van der Waals surface area contributed by atoms with Crippen molar-refractivity contribution >= 4 is 5.97 Å². The minimum atomic E-state index is -0.337. The summed E-state index contributed by atoms with van der Waals surface area (Å²) in [6.07, 6.45) is 0.786. The number of rotatable bonds is 5. The Bertz CT molecular complexity index is 841. The molecule has 2 atom stereocenters. The van der Waals surface area contributed by atoms with Crippen LogP contribution in [0.15, 0.2) is 42.5 Å². The van der Waals surface area contributed by atoms with Gasteiger partial charge in [0.2, 0.25) is 6.79 Å². The molecule has 28 heavy (non-hydrogen) atoms. The molecule has 7 heteroatoms. The predicted octanol–water partition coefficient (Wildman–Crippen LogP) is 3.52. The number of piperidine rings is 1. The van der Waals surface area contributed by atoms with Crippen molar-refractivity contribution in [1.82, 2.24) is 5.06 Å². The van der Waals surface area contributed by atoms with Crippen molar-refractivity contribution in [3.8, 4) is 17.2 Å². The number of fused-ring (bicyclic) bond motifs is 1. The third-order valence-electron chi connectivity index (χ3n) is 5.06. The van der Waals surface area contributed by atoms with Gasteiger partial charge in [-0.25, -0.2) is 4.39 Å². The predicted molar refractivity (Wildman–Crippen MR) is 98.6 cm³/mol. The van der Waals surface area contributed by atoms with Crippen molar-refractivity contribution in [3.05, 3.63) is 53.8 Å². The molecule has 0 bridgehead atoms. The summed E-state index contributed by atoms with van der Waals surface area (Å²) in [5.74, 6) is 1.72. The van der Waals surface area contributed by atoms with Crippen molar-refractivity contribution in [3.63, 3.8) is 0 Å². The zero-order chi connectivity index (χ0) is 19.5. The smallest absolute Gasteiger partial charge is 0.322 e. The van der Waals surface area contributed by atoms with Crippen LogP contribution < -0.4 is 14.2 Å². The third kappa shape index (κ3) is 4.20. The molecule has 0 unspecified atom stereocenters. The van der Waals surface area contributed by atoms with Gasteiger partial charge in [-0.1, -0.05) is 12.1 Å². The maximum absolute atomic E-state index is 13.3. The molecule has 2 aliphatic rings. The molecule has 0 N–H and O–H groups in total. The normalized spacial score (nSPS) is 21.4. The Morgan fingerprint density at radius 3 is 2.75 bits per heavy atom. The lowest BCUT2D eigenvalue weighted by molar-refractivity contribution is -0.197. The van der Waals surface area contributed by atoms with E-state index in [1.54, 1.807) is 5.06 Å².